The van der Waals surface area contributed by atoms with Gasteiger partial charge in [-0.25, -0.2) is 9.37 Å². The average molecular weight is 463 g/mol. The van der Waals surface area contributed by atoms with Crippen LogP contribution in [-0.2, 0) is 20.0 Å². The second kappa shape index (κ2) is 8.55. The molecule has 0 unspecified atom stereocenters. The molecule has 1 aliphatic heterocycles. The van der Waals surface area contributed by atoms with Crippen LogP contribution in [0.5, 0.6) is 0 Å². The maximum atomic E-state index is 13.2. The number of pyridine rings is 1. The first-order valence-electron chi connectivity index (χ1n) is 10.3. The van der Waals surface area contributed by atoms with Gasteiger partial charge < -0.3 is 4.90 Å². The number of amides is 2. The van der Waals surface area contributed by atoms with Crippen molar-refractivity contribution >= 4 is 28.3 Å². The lowest BCUT2D eigenvalue weighted by Gasteiger charge is -2.25. The van der Waals surface area contributed by atoms with Crippen LogP contribution in [0.2, 0.25) is 0 Å². The van der Waals surface area contributed by atoms with Crippen LogP contribution >= 0.6 is 11.3 Å². The Morgan fingerprint density at radius 2 is 1.97 bits per heavy atom. The predicted molar refractivity (Wildman–Crippen MR) is 121 cm³/mol. The second-order valence-electron chi connectivity index (χ2n) is 7.58. The highest BCUT2D eigenvalue weighted by atomic mass is 32.1. The molecule has 5 rings (SSSR count). The summed E-state index contributed by atoms with van der Waals surface area (Å²) in [5.41, 5.74) is 3.00. The van der Waals surface area contributed by atoms with E-state index in [1.54, 1.807) is 59.2 Å². The molecule has 1 N–H and O–H groups in total. The van der Waals surface area contributed by atoms with Gasteiger partial charge in [-0.1, -0.05) is 17.4 Å². The second-order valence-corrected chi connectivity index (χ2v) is 8.66. The van der Waals surface area contributed by atoms with Crippen molar-refractivity contribution in [3.8, 4) is 11.3 Å². The van der Waals surface area contributed by atoms with Crippen LogP contribution in [0.15, 0.2) is 54.7 Å². The number of thiazole rings is 1. The fraction of sp³-hybridized carbons (Fsp3) is 0.174. The van der Waals surface area contributed by atoms with Gasteiger partial charge >= 0.3 is 0 Å². The highest BCUT2D eigenvalue weighted by Crippen LogP contribution is 2.30. The number of carbonyl (C=O) groups is 2. The van der Waals surface area contributed by atoms with Crippen molar-refractivity contribution in [3.63, 3.8) is 0 Å². The standard InChI is InChI=1S/C23H19FN6O2S/c1-29-19(12-18(28-29)14-5-7-15(24)8-6-14)22(32)30-11-9-16-20(13-30)33-23(26-16)27-21(31)17-4-2-3-10-25-17/h2-8,10,12H,9,11,13H2,1H3,(H,26,27,31). The molecule has 8 nitrogen and oxygen atoms in total. The zero-order valence-electron chi connectivity index (χ0n) is 17.7. The van der Waals surface area contributed by atoms with Gasteiger partial charge in [0.2, 0.25) is 0 Å². The van der Waals surface area contributed by atoms with Gasteiger partial charge in [-0.05, 0) is 42.5 Å². The number of benzene rings is 1. The van der Waals surface area contributed by atoms with Crippen LogP contribution in [0, 0.1) is 5.82 Å². The van der Waals surface area contributed by atoms with Crippen molar-refractivity contribution in [3.05, 3.63) is 82.5 Å². The van der Waals surface area contributed by atoms with Gasteiger partial charge in [0.25, 0.3) is 11.8 Å². The number of fused-ring (bicyclic) bond motifs is 1. The number of aromatic nitrogens is 4. The van der Waals surface area contributed by atoms with Crippen LogP contribution in [-0.4, -0.2) is 43.0 Å². The van der Waals surface area contributed by atoms with Gasteiger partial charge in [-0.15, -0.1) is 0 Å². The first-order valence-corrected chi connectivity index (χ1v) is 11.1. The number of rotatable bonds is 4. The van der Waals surface area contributed by atoms with Crippen LogP contribution in [0.25, 0.3) is 11.3 Å². The van der Waals surface area contributed by atoms with Crippen LogP contribution in [0.4, 0.5) is 9.52 Å². The molecule has 1 aromatic carbocycles. The van der Waals surface area contributed by atoms with E-state index in [1.165, 1.54) is 23.5 Å². The van der Waals surface area contributed by atoms with Crippen LogP contribution in [0.3, 0.4) is 0 Å². The Morgan fingerprint density at radius 1 is 1.15 bits per heavy atom. The summed E-state index contributed by atoms with van der Waals surface area (Å²) in [5, 5.41) is 7.70. The minimum atomic E-state index is -0.324. The van der Waals surface area contributed by atoms with Crippen molar-refractivity contribution in [2.24, 2.45) is 7.05 Å². The normalized spacial score (nSPS) is 13.0. The first kappa shape index (κ1) is 21.0. The van der Waals surface area contributed by atoms with E-state index < -0.39 is 0 Å². The molecule has 3 aromatic heterocycles. The predicted octanol–water partition coefficient (Wildman–Crippen LogP) is 3.53. The number of halogens is 1. The lowest BCUT2D eigenvalue weighted by molar-refractivity contribution is 0.0725. The van der Waals surface area contributed by atoms with Crippen LogP contribution in [0.1, 0.15) is 31.5 Å². The summed E-state index contributed by atoms with van der Waals surface area (Å²) < 4.78 is 14.8. The van der Waals surface area contributed by atoms with E-state index in [2.05, 4.69) is 20.4 Å². The monoisotopic (exact) mass is 462 g/mol. The molecular formula is C23H19FN6O2S. The lowest BCUT2D eigenvalue weighted by atomic mass is 10.1. The molecule has 33 heavy (non-hydrogen) atoms. The van der Waals surface area contributed by atoms with E-state index in [4.69, 9.17) is 0 Å². The third kappa shape index (κ3) is 4.24. The van der Waals surface area contributed by atoms with Gasteiger partial charge in [-0.2, -0.15) is 5.10 Å². The SMILES string of the molecule is Cn1nc(-c2ccc(F)cc2)cc1C(=O)N1CCc2nc(NC(=O)c3ccccn3)sc2C1. The number of nitrogens with zero attached hydrogens (tertiary/aromatic N) is 5. The summed E-state index contributed by atoms with van der Waals surface area (Å²) in [6.45, 7) is 0.919. The molecular weight excluding hydrogens is 443 g/mol. The average Bonchev–Trinajstić information content (AvgIpc) is 3.41. The zero-order valence-corrected chi connectivity index (χ0v) is 18.5. The maximum Gasteiger partial charge on any atom is 0.276 e. The molecule has 0 saturated heterocycles. The Balaban J connectivity index is 1.31. The Morgan fingerprint density at radius 3 is 2.73 bits per heavy atom. The van der Waals surface area contributed by atoms with Crippen molar-refractivity contribution < 1.29 is 14.0 Å². The fourth-order valence-electron chi connectivity index (χ4n) is 3.67. The van der Waals surface area contributed by atoms with E-state index in [0.29, 0.717) is 41.7 Å². The topological polar surface area (TPSA) is 93.0 Å². The minimum Gasteiger partial charge on any atom is -0.332 e. The minimum absolute atomic E-state index is 0.142. The third-order valence-electron chi connectivity index (χ3n) is 5.38. The molecule has 4 heterocycles. The van der Waals surface area contributed by atoms with Crippen molar-refractivity contribution in [1.82, 2.24) is 24.6 Å². The molecule has 1 aliphatic rings. The molecule has 0 radical (unpaired) electrons. The number of nitrogens with one attached hydrogen (secondary N) is 1. The molecule has 0 bridgehead atoms. The van der Waals surface area contributed by atoms with Gasteiger partial charge in [0.1, 0.15) is 17.2 Å². The fourth-order valence-corrected chi connectivity index (χ4v) is 4.69. The summed E-state index contributed by atoms with van der Waals surface area (Å²) in [7, 11) is 1.72. The molecule has 10 heteroatoms. The molecule has 0 atom stereocenters. The van der Waals surface area contributed by atoms with Crippen LogP contribution < -0.4 is 5.32 Å². The Bertz CT molecular complexity index is 1330. The van der Waals surface area contributed by atoms with Gasteiger partial charge in [-0.3, -0.25) is 24.6 Å². The quantitative estimate of drug-likeness (QED) is 0.501. The summed E-state index contributed by atoms with van der Waals surface area (Å²) in [6.07, 6.45) is 2.16. The number of aryl methyl sites for hydroxylation is 1. The van der Waals surface area contributed by atoms with E-state index in [0.717, 1.165) is 16.1 Å². The summed E-state index contributed by atoms with van der Waals surface area (Å²) in [5.74, 6) is -0.787. The Hall–Kier alpha value is -3.92. The summed E-state index contributed by atoms with van der Waals surface area (Å²) in [4.78, 5) is 36.8. The molecule has 0 spiro atoms. The first-order chi connectivity index (χ1) is 16.0. The van der Waals surface area contributed by atoms with Crippen molar-refractivity contribution in [2.75, 3.05) is 11.9 Å². The lowest BCUT2D eigenvalue weighted by Crippen LogP contribution is -2.36. The molecule has 0 aliphatic carbocycles. The number of anilines is 1. The van der Waals surface area contributed by atoms with E-state index >= 15 is 0 Å². The van der Waals surface area contributed by atoms with E-state index in [-0.39, 0.29) is 17.6 Å². The zero-order chi connectivity index (χ0) is 22.9. The molecule has 2 amide bonds. The van der Waals surface area contributed by atoms with Crippen molar-refractivity contribution in [2.45, 2.75) is 13.0 Å². The molecule has 4 aromatic rings. The number of carbonyl (C=O) groups excluding carboxylic acids is 2. The van der Waals surface area contributed by atoms with Gasteiger partial charge in [0, 0.05) is 36.7 Å². The highest BCUT2D eigenvalue weighted by molar-refractivity contribution is 7.15. The third-order valence-corrected chi connectivity index (χ3v) is 6.37. The molecule has 0 fully saturated rings. The smallest absolute Gasteiger partial charge is 0.276 e. The molecule has 166 valence electrons. The Labute approximate surface area is 192 Å². The summed E-state index contributed by atoms with van der Waals surface area (Å²) in [6, 6.07) is 12.9. The molecule has 0 saturated carbocycles. The highest BCUT2D eigenvalue weighted by Gasteiger charge is 2.27. The van der Waals surface area contributed by atoms with Crippen molar-refractivity contribution in [1.29, 1.82) is 0 Å². The number of hydrogen-bond acceptors (Lipinski definition) is 6. The Kier molecular flexibility index (Phi) is 5.43. The summed E-state index contributed by atoms with van der Waals surface area (Å²) >= 11 is 1.36. The number of hydrogen-bond donors (Lipinski definition) is 1. The van der Waals surface area contributed by atoms with E-state index in [9.17, 15) is 14.0 Å². The van der Waals surface area contributed by atoms with Gasteiger partial charge in [0.15, 0.2) is 5.13 Å². The maximum absolute atomic E-state index is 13.2. The largest absolute Gasteiger partial charge is 0.332 e. The van der Waals surface area contributed by atoms with E-state index in [1.807, 2.05) is 0 Å². The van der Waals surface area contributed by atoms with Gasteiger partial charge in [0.05, 0.1) is 17.9 Å².